The summed E-state index contributed by atoms with van der Waals surface area (Å²) in [4.78, 5) is 0.454. The zero-order valence-electron chi connectivity index (χ0n) is 13.4. The van der Waals surface area contributed by atoms with E-state index in [1.54, 1.807) is 6.07 Å². The fourth-order valence-corrected chi connectivity index (χ4v) is 4.38. The molecule has 0 heterocycles. The first kappa shape index (κ1) is 17.2. The lowest BCUT2D eigenvalue weighted by Crippen LogP contribution is -2.45. The number of hydrogen-bond donors (Lipinski definition) is 1. The smallest absolute Gasteiger partial charge is 0.180 e. The maximum Gasteiger partial charge on any atom is 0.180 e. The number of sulfone groups is 1. The molecule has 0 saturated carbocycles. The van der Waals surface area contributed by atoms with E-state index in [2.05, 4.69) is 26.1 Å². The Morgan fingerprint density at radius 1 is 1.20 bits per heavy atom. The standard InChI is InChI=1S/C16H27NO2S/c1-7-17-15(16(4,5)6)11-20(18,19)14-9-8-12(2)10-13(14)3/h8-10,15,17H,7,11H2,1-6H3. The van der Waals surface area contributed by atoms with Gasteiger partial charge < -0.3 is 5.32 Å². The Kier molecular flexibility index (Phi) is 5.39. The minimum atomic E-state index is -3.27. The molecule has 1 aromatic carbocycles. The van der Waals surface area contributed by atoms with Crippen molar-refractivity contribution in [3.8, 4) is 0 Å². The summed E-state index contributed by atoms with van der Waals surface area (Å²) in [5, 5.41) is 3.30. The lowest BCUT2D eigenvalue weighted by molar-refractivity contribution is 0.292. The van der Waals surface area contributed by atoms with Crippen LogP contribution in [0.4, 0.5) is 0 Å². The second kappa shape index (κ2) is 6.27. The molecule has 0 aliphatic heterocycles. The lowest BCUT2D eigenvalue weighted by Gasteiger charge is -2.31. The van der Waals surface area contributed by atoms with E-state index >= 15 is 0 Å². The predicted octanol–water partition coefficient (Wildman–Crippen LogP) is 3.10. The highest BCUT2D eigenvalue weighted by molar-refractivity contribution is 7.91. The minimum absolute atomic E-state index is 0.0572. The highest BCUT2D eigenvalue weighted by Gasteiger charge is 2.30. The van der Waals surface area contributed by atoms with Crippen molar-refractivity contribution in [2.75, 3.05) is 12.3 Å². The monoisotopic (exact) mass is 297 g/mol. The van der Waals surface area contributed by atoms with Crippen LogP contribution in [0.2, 0.25) is 0 Å². The van der Waals surface area contributed by atoms with Crippen LogP contribution in [0.3, 0.4) is 0 Å². The molecule has 0 bridgehead atoms. The molecule has 20 heavy (non-hydrogen) atoms. The topological polar surface area (TPSA) is 46.2 Å². The van der Waals surface area contributed by atoms with Gasteiger partial charge in [-0.1, -0.05) is 45.4 Å². The van der Waals surface area contributed by atoms with E-state index in [0.29, 0.717) is 4.90 Å². The highest BCUT2D eigenvalue weighted by atomic mass is 32.2. The van der Waals surface area contributed by atoms with E-state index in [0.717, 1.165) is 17.7 Å². The Bertz CT molecular complexity index is 556. The summed E-state index contributed by atoms with van der Waals surface area (Å²) in [5.74, 6) is 0.133. The van der Waals surface area contributed by atoms with Crippen molar-refractivity contribution in [2.45, 2.75) is 52.5 Å². The summed E-state index contributed by atoms with van der Waals surface area (Å²) in [5.41, 5.74) is 1.82. The molecule has 1 unspecified atom stereocenters. The molecule has 1 atom stereocenters. The Hall–Kier alpha value is -0.870. The van der Waals surface area contributed by atoms with E-state index in [-0.39, 0.29) is 17.2 Å². The number of benzene rings is 1. The van der Waals surface area contributed by atoms with E-state index < -0.39 is 9.84 Å². The number of rotatable bonds is 5. The van der Waals surface area contributed by atoms with Gasteiger partial charge in [-0.3, -0.25) is 0 Å². The van der Waals surface area contributed by atoms with Crippen LogP contribution in [-0.4, -0.2) is 26.8 Å². The first-order valence-electron chi connectivity index (χ1n) is 7.11. The van der Waals surface area contributed by atoms with Crippen molar-refractivity contribution in [3.63, 3.8) is 0 Å². The average Bonchev–Trinajstić information content (AvgIpc) is 2.26. The third kappa shape index (κ3) is 4.32. The molecule has 1 N–H and O–H groups in total. The maximum atomic E-state index is 12.7. The van der Waals surface area contributed by atoms with Crippen molar-refractivity contribution in [2.24, 2.45) is 5.41 Å². The van der Waals surface area contributed by atoms with Crippen LogP contribution >= 0.6 is 0 Å². The van der Waals surface area contributed by atoms with Gasteiger partial charge in [-0.15, -0.1) is 0 Å². The molecule has 0 saturated heterocycles. The second-order valence-corrected chi connectivity index (χ2v) is 8.53. The van der Waals surface area contributed by atoms with Gasteiger partial charge in [0.15, 0.2) is 9.84 Å². The summed E-state index contributed by atoms with van der Waals surface area (Å²) in [7, 11) is -3.27. The van der Waals surface area contributed by atoms with Gasteiger partial charge in [0.2, 0.25) is 0 Å². The Morgan fingerprint density at radius 3 is 2.25 bits per heavy atom. The molecule has 0 aliphatic rings. The van der Waals surface area contributed by atoms with Gasteiger partial charge in [0.25, 0.3) is 0 Å². The minimum Gasteiger partial charge on any atom is -0.313 e. The van der Waals surface area contributed by atoms with E-state index in [1.165, 1.54) is 0 Å². The van der Waals surface area contributed by atoms with Crippen LogP contribution in [0.25, 0.3) is 0 Å². The SMILES string of the molecule is CCNC(CS(=O)(=O)c1ccc(C)cc1C)C(C)(C)C. The molecule has 0 amide bonds. The summed E-state index contributed by atoms with van der Waals surface area (Å²) in [6.45, 7) is 12.8. The largest absolute Gasteiger partial charge is 0.313 e. The van der Waals surface area contributed by atoms with E-state index in [4.69, 9.17) is 0 Å². The van der Waals surface area contributed by atoms with E-state index in [1.807, 2.05) is 32.9 Å². The van der Waals surface area contributed by atoms with Crippen molar-refractivity contribution in [3.05, 3.63) is 29.3 Å². The second-order valence-electron chi connectivity index (χ2n) is 6.53. The summed E-state index contributed by atoms with van der Waals surface area (Å²) < 4.78 is 25.3. The average molecular weight is 297 g/mol. The summed E-state index contributed by atoms with van der Waals surface area (Å²) >= 11 is 0. The molecule has 0 aromatic heterocycles. The van der Waals surface area contributed by atoms with Crippen LogP contribution in [0.1, 0.15) is 38.8 Å². The van der Waals surface area contributed by atoms with Crippen LogP contribution < -0.4 is 5.32 Å². The van der Waals surface area contributed by atoms with Crippen LogP contribution in [0.5, 0.6) is 0 Å². The van der Waals surface area contributed by atoms with Crippen molar-refractivity contribution in [1.82, 2.24) is 5.32 Å². The van der Waals surface area contributed by atoms with Gasteiger partial charge in [-0.2, -0.15) is 0 Å². The molecule has 0 spiro atoms. The zero-order chi connectivity index (χ0) is 15.6. The number of aryl methyl sites for hydroxylation is 2. The van der Waals surface area contributed by atoms with Gasteiger partial charge in [-0.05, 0) is 37.4 Å². The van der Waals surface area contributed by atoms with Crippen LogP contribution in [-0.2, 0) is 9.84 Å². The third-order valence-corrected chi connectivity index (χ3v) is 5.45. The lowest BCUT2D eigenvalue weighted by atomic mass is 9.88. The third-order valence-electron chi connectivity index (χ3n) is 3.55. The van der Waals surface area contributed by atoms with Crippen LogP contribution in [0, 0.1) is 19.3 Å². The van der Waals surface area contributed by atoms with Gasteiger partial charge in [-0.25, -0.2) is 8.42 Å². The molecule has 0 aliphatic carbocycles. The Balaban J connectivity index is 3.10. The molecule has 4 heteroatoms. The van der Waals surface area contributed by atoms with Crippen molar-refractivity contribution < 1.29 is 8.42 Å². The first-order chi connectivity index (χ1) is 9.08. The summed E-state index contributed by atoms with van der Waals surface area (Å²) in [6, 6.07) is 5.45. The van der Waals surface area contributed by atoms with Gasteiger partial charge in [0, 0.05) is 6.04 Å². The molecular formula is C16H27NO2S. The highest BCUT2D eigenvalue weighted by Crippen LogP contribution is 2.25. The summed E-state index contributed by atoms with van der Waals surface area (Å²) in [6.07, 6.45) is 0. The molecule has 1 aromatic rings. The van der Waals surface area contributed by atoms with Gasteiger partial charge >= 0.3 is 0 Å². The van der Waals surface area contributed by atoms with Gasteiger partial charge in [0.05, 0.1) is 10.6 Å². The molecular weight excluding hydrogens is 270 g/mol. The van der Waals surface area contributed by atoms with Crippen LogP contribution in [0.15, 0.2) is 23.1 Å². The quantitative estimate of drug-likeness (QED) is 0.908. The van der Waals surface area contributed by atoms with Gasteiger partial charge in [0.1, 0.15) is 0 Å². The first-order valence-corrected chi connectivity index (χ1v) is 8.76. The predicted molar refractivity (Wildman–Crippen MR) is 84.9 cm³/mol. The fraction of sp³-hybridized carbons (Fsp3) is 0.625. The Labute approximate surface area is 123 Å². The van der Waals surface area contributed by atoms with Crippen molar-refractivity contribution in [1.29, 1.82) is 0 Å². The molecule has 114 valence electrons. The maximum absolute atomic E-state index is 12.7. The normalized spacial score (nSPS) is 14.3. The van der Waals surface area contributed by atoms with E-state index in [9.17, 15) is 8.42 Å². The zero-order valence-corrected chi connectivity index (χ0v) is 14.3. The fourth-order valence-electron chi connectivity index (χ4n) is 2.32. The molecule has 0 radical (unpaired) electrons. The molecule has 0 fully saturated rings. The van der Waals surface area contributed by atoms with Crippen molar-refractivity contribution >= 4 is 9.84 Å². The number of hydrogen-bond acceptors (Lipinski definition) is 3. The molecule has 1 rings (SSSR count). The Morgan fingerprint density at radius 2 is 1.80 bits per heavy atom. The number of nitrogens with one attached hydrogen (secondary N) is 1. The molecule has 3 nitrogen and oxygen atoms in total.